The fraction of sp³-hybridized carbons (Fsp3) is 0.562. The van der Waals surface area contributed by atoms with Crippen molar-refractivity contribution < 1.29 is 22.7 Å². The summed E-state index contributed by atoms with van der Waals surface area (Å²) in [7, 11) is 1.54. The van der Waals surface area contributed by atoms with E-state index in [1.165, 1.54) is 7.11 Å². The fourth-order valence-corrected chi connectivity index (χ4v) is 2.88. The van der Waals surface area contributed by atoms with E-state index in [9.17, 15) is 18.0 Å². The molecule has 0 spiro atoms. The Balaban J connectivity index is 1.83. The maximum atomic E-state index is 12.8. The summed E-state index contributed by atoms with van der Waals surface area (Å²) in [5.74, 6) is -0.668. The summed E-state index contributed by atoms with van der Waals surface area (Å²) in [5.41, 5.74) is 0.807. The molecule has 23 heavy (non-hydrogen) atoms. The van der Waals surface area contributed by atoms with E-state index in [2.05, 4.69) is 10.6 Å². The molecule has 1 aliphatic rings. The van der Waals surface area contributed by atoms with E-state index in [-0.39, 0.29) is 19.4 Å². The molecule has 1 fully saturated rings. The molecule has 1 aliphatic carbocycles. The van der Waals surface area contributed by atoms with Crippen molar-refractivity contribution in [1.29, 1.82) is 0 Å². The Kier molecular flexibility index (Phi) is 5.74. The first-order valence-electron chi connectivity index (χ1n) is 7.63. The highest BCUT2D eigenvalue weighted by atomic mass is 19.4. The number of hydrogen-bond acceptors (Lipinski definition) is 2. The molecule has 128 valence electrons. The largest absolute Gasteiger partial charge is 0.496 e. The second-order valence-electron chi connectivity index (χ2n) is 5.74. The van der Waals surface area contributed by atoms with Crippen molar-refractivity contribution >= 4 is 6.03 Å². The van der Waals surface area contributed by atoms with Crippen LogP contribution in [0.1, 0.15) is 31.2 Å². The first-order valence-corrected chi connectivity index (χ1v) is 7.63. The molecule has 2 N–H and O–H groups in total. The van der Waals surface area contributed by atoms with Crippen LogP contribution in [0.25, 0.3) is 0 Å². The van der Waals surface area contributed by atoms with Gasteiger partial charge in [0.1, 0.15) is 5.75 Å². The van der Waals surface area contributed by atoms with Gasteiger partial charge in [0.15, 0.2) is 0 Å². The number of halogens is 3. The lowest BCUT2D eigenvalue weighted by atomic mass is 9.85. The number of ether oxygens (including phenoxy) is 1. The number of para-hydroxylation sites is 1. The molecule has 1 aromatic rings. The Bertz CT molecular complexity index is 534. The number of amides is 2. The average molecular weight is 330 g/mol. The SMILES string of the molecule is COc1ccccc1CNC(=O)N[C@@H]1CCC[C@@H](C(F)(F)F)C1. The van der Waals surface area contributed by atoms with Crippen molar-refractivity contribution in [2.24, 2.45) is 5.92 Å². The van der Waals surface area contributed by atoms with Gasteiger partial charge < -0.3 is 15.4 Å². The molecule has 0 aromatic heterocycles. The quantitative estimate of drug-likeness (QED) is 0.886. The van der Waals surface area contributed by atoms with Crippen LogP contribution in [0.2, 0.25) is 0 Å². The van der Waals surface area contributed by atoms with E-state index in [0.29, 0.717) is 18.6 Å². The Morgan fingerprint density at radius 1 is 1.30 bits per heavy atom. The molecule has 0 unspecified atom stereocenters. The minimum Gasteiger partial charge on any atom is -0.496 e. The summed E-state index contributed by atoms with van der Waals surface area (Å²) >= 11 is 0. The maximum Gasteiger partial charge on any atom is 0.391 e. The van der Waals surface area contributed by atoms with E-state index in [1.807, 2.05) is 18.2 Å². The summed E-state index contributed by atoms with van der Waals surface area (Å²) in [5, 5.41) is 5.30. The number of alkyl halides is 3. The lowest BCUT2D eigenvalue weighted by Crippen LogP contribution is -2.45. The molecule has 1 aromatic carbocycles. The monoisotopic (exact) mass is 330 g/mol. The highest BCUT2D eigenvalue weighted by Crippen LogP contribution is 2.37. The molecule has 1 saturated carbocycles. The van der Waals surface area contributed by atoms with Gasteiger partial charge in [-0.15, -0.1) is 0 Å². The van der Waals surface area contributed by atoms with Crippen LogP contribution in [0.15, 0.2) is 24.3 Å². The summed E-state index contributed by atoms with van der Waals surface area (Å²) in [6, 6.07) is 6.36. The minimum atomic E-state index is -4.19. The second kappa shape index (κ2) is 7.57. The number of carbonyl (C=O) groups excluding carboxylic acids is 1. The van der Waals surface area contributed by atoms with Crippen molar-refractivity contribution in [3.63, 3.8) is 0 Å². The minimum absolute atomic E-state index is 0.0500. The van der Waals surface area contributed by atoms with Gasteiger partial charge in [0, 0.05) is 18.2 Å². The smallest absolute Gasteiger partial charge is 0.391 e. The van der Waals surface area contributed by atoms with Crippen molar-refractivity contribution in [1.82, 2.24) is 10.6 Å². The van der Waals surface area contributed by atoms with Gasteiger partial charge in [-0.25, -0.2) is 4.79 Å². The lowest BCUT2D eigenvalue weighted by molar-refractivity contribution is -0.183. The molecular weight excluding hydrogens is 309 g/mol. The summed E-state index contributed by atoms with van der Waals surface area (Å²) in [4.78, 5) is 11.9. The Hall–Kier alpha value is -1.92. The zero-order valence-electron chi connectivity index (χ0n) is 13.0. The van der Waals surface area contributed by atoms with Gasteiger partial charge in [0.05, 0.1) is 13.0 Å². The van der Waals surface area contributed by atoms with Gasteiger partial charge >= 0.3 is 12.2 Å². The number of benzene rings is 1. The lowest BCUT2D eigenvalue weighted by Gasteiger charge is -2.31. The average Bonchev–Trinajstić information content (AvgIpc) is 2.52. The van der Waals surface area contributed by atoms with E-state index in [4.69, 9.17) is 4.74 Å². The van der Waals surface area contributed by atoms with Crippen LogP contribution in [-0.2, 0) is 6.54 Å². The fourth-order valence-electron chi connectivity index (χ4n) is 2.88. The molecule has 0 radical (unpaired) electrons. The molecular formula is C16H21F3N2O2. The summed E-state index contributed by atoms with van der Waals surface area (Å²) < 4.78 is 43.5. The van der Waals surface area contributed by atoms with Gasteiger partial charge in [0.2, 0.25) is 0 Å². The molecule has 0 aliphatic heterocycles. The molecule has 2 atom stereocenters. The van der Waals surface area contributed by atoms with Gasteiger partial charge in [-0.05, 0) is 25.3 Å². The topological polar surface area (TPSA) is 50.4 Å². The summed E-state index contributed by atoms with van der Waals surface area (Å²) in [6.07, 6.45) is -3.04. The number of rotatable bonds is 4. The Morgan fingerprint density at radius 3 is 2.74 bits per heavy atom. The first kappa shape index (κ1) is 17.4. The predicted molar refractivity (Wildman–Crippen MR) is 80.2 cm³/mol. The number of hydrogen-bond donors (Lipinski definition) is 2. The number of methoxy groups -OCH3 is 1. The normalized spacial score (nSPS) is 21.6. The predicted octanol–water partition coefficient (Wildman–Crippen LogP) is 3.62. The third-order valence-corrected chi connectivity index (χ3v) is 4.10. The molecule has 2 amide bonds. The zero-order valence-corrected chi connectivity index (χ0v) is 13.0. The van der Waals surface area contributed by atoms with Crippen LogP contribution in [0.5, 0.6) is 5.75 Å². The Morgan fingerprint density at radius 2 is 2.04 bits per heavy atom. The highest BCUT2D eigenvalue weighted by Gasteiger charge is 2.42. The van der Waals surface area contributed by atoms with E-state index < -0.39 is 24.2 Å². The van der Waals surface area contributed by atoms with Crippen molar-refractivity contribution in [2.45, 2.75) is 44.4 Å². The van der Waals surface area contributed by atoms with Crippen molar-refractivity contribution in [2.75, 3.05) is 7.11 Å². The number of urea groups is 1. The zero-order chi connectivity index (χ0) is 16.9. The van der Waals surface area contributed by atoms with Crippen LogP contribution in [0.4, 0.5) is 18.0 Å². The number of carbonyl (C=O) groups is 1. The maximum absolute atomic E-state index is 12.8. The third kappa shape index (κ3) is 5.04. The van der Waals surface area contributed by atoms with Crippen LogP contribution < -0.4 is 15.4 Å². The van der Waals surface area contributed by atoms with Gasteiger partial charge in [-0.1, -0.05) is 24.6 Å². The molecule has 0 heterocycles. The summed E-state index contributed by atoms with van der Waals surface area (Å²) in [6.45, 7) is 0.255. The Labute approximate surface area is 133 Å². The molecule has 0 bridgehead atoms. The highest BCUT2D eigenvalue weighted by molar-refractivity contribution is 5.74. The van der Waals surface area contributed by atoms with E-state index in [1.54, 1.807) is 6.07 Å². The van der Waals surface area contributed by atoms with Crippen LogP contribution in [0, 0.1) is 5.92 Å². The second-order valence-corrected chi connectivity index (χ2v) is 5.74. The first-order chi connectivity index (χ1) is 10.9. The van der Waals surface area contributed by atoms with Gasteiger partial charge in [-0.2, -0.15) is 13.2 Å². The molecule has 2 rings (SSSR count). The van der Waals surface area contributed by atoms with E-state index in [0.717, 1.165) is 5.56 Å². The van der Waals surface area contributed by atoms with Crippen LogP contribution in [-0.4, -0.2) is 25.4 Å². The van der Waals surface area contributed by atoms with Gasteiger partial charge in [0.25, 0.3) is 0 Å². The van der Waals surface area contributed by atoms with E-state index >= 15 is 0 Å². The third-order valence-electron chi connectivity index (χ3n) is 4.10. The number of nitrogens with one attached hydrogen (secondary N) is 2. The van der Waals surface area contributed by atoms with Crippen molar-refractivity contribution in [3.8, 4) is 5.75 Å². The molecule has 7 heteroatoms. The van der Waals surface area contributed by atoms with Crippen molar-refractivity contribution in [3.05, 3.63) is 29.8 Å². The van der Waals surface area contributed by atoms with Gasteiger partial charge in [-0.3, -0.25) is 0 Å². The molecule has 0 saturated heterocycles. The standard InChI is InChI=1S/C16H21F3N2O2/c1-23-14-8-3-2-5-11(14)10-20-15(22)21-13-7-4-6-12(9-13)16(17,18)19/h2-3,5,8,12-13H,4,6-7,9-10H2,1H3,(H2,20,21,22)/t12-,13-/m1/s1. The van der Waals surface area contributed by atoms with Crippen LogP contribution in [0.3, 0.4) is 0 Å². The molecule has 4 nitrogen and oxygen atoms in total. The van der Waals surface area contributed by atoms with Crippen LogP contribution >= 0.6 is 0 Å².